The van der Waals surface area contributed by atoms with Gasteiger partial charge in [-0.15, -0.1) is 0 Å². The maximum Gasteiger partial charge on any atom is 0.338 e. The van der Waals surface area contributed by atoms with E-state index in [0.29, 0.717) is 12.0 Å². The third-order valence-electron chi connectivity index (χ3n) is 2.24. The van der Waals surface area contributed by atoms with E-state index in [4.69, 9.17) is 9.47 Å². The summed E-state index contributed by atoms with van der Waals surface area (Å²) in [7, 11) is 0. The largest absolute Gasteiger partial charge is 0.458 e. The molecule has 0 heterocycles. The van der Waals surface area contributed by atoms with Crippen molar-refractivity contribution in [1.29, 1.82) is 0 Å². The Morgan fingerprint density at radius 3 is 2.33 bits per heavy atom. The molecule has 4 heteroatoms. The molecular formula is C14H18O4. The van der Waals surface area contributed by atoms with Crippen molar-refractivity contribution in [3.63, 3.8) is 0 Å². The smallest absolute Gasteiger partial charge is 0.338 e. The number of hydrogen-bond acceptors (Lipinski definition) is 4. The number of rotatable bonds is 5. The van der Waals surface area contributed by atoms with Crippen LogP contribution in [-0.2, 0) is 14.3 Å². The fraction of sp³-hybridized carbons (Fsp3) is 0.429. The molecule has 1 aromatic rings. The average Bonchev–Trinajstić information content (AvgIpc) is 2.36. The molecule has 0 bridgehead atoms. The van der Waals surface area contributed by atoms with Gasteiger partial charge in [-0.25, -0.2) is 4.79 Å². The Morgan fingerprint density at radius 2 is 1.78 bits per heavy atom. The summed E-state index contributed by atoms with van der Waals surface area (Å²) < 4.78 is 10.3. The summed E-state index contributed by atoms with van der Waals surface area (Å²) >= 11 is 0. The fourth-order valence-electron chi connectivity index (χ4n) is 1.31. The highest BCUT2D eigenvalue weighted by Gasteiger charge is 2.24. The quantitative estimate of drug-likeness (QED) is 0.754. The van der Waals surface area contributed by atoms with Crippen LogP contribution in [0.3, 0.4) is 0 Å². The number of carbonyl (C=O) groups is 2. The summed E-state index contributed by atoms with van der Waals surface area (Å²) in [6.45, 7) is 5.17. The molecule has 18 heavy (non-hydrogen) atoms. The van der Waals surface area contributed by atoms with Crippen LogP contribution in [0, 0.1) is 0 Å². The number of carbonyl (C=O) groups excluding carboxylic acids is 2. The maximum absolute atomic E-state index is 11.7. The molecule has 0 aromatic heterocycles. The van der Waals surface area contributed by atoms with Crippen LogP contribution in [0.15, 0.2) is 30.3 Å². The topological polar surface area (TPSA) is 52.6 Å². The molecule has 0 N–H and O–H groups in total. The monoisotopic (exact) mass is 250 g/mol. The van der Waals surface area contributed by atoms with Crippen LogP contribution < -0.4 is 0 Å². The lowest BCUT2D eigenvalue weighted by Gasteiger charge is -2.24. The molecule has 0 unspecified atom stereocenters. The van der Waals surface area contributed by atoms with Gasteiger partial charge in [0.25, 0.3) is 0 Å². The predicted octanol–water partition coefficient (Wildman–Crippen LogP) is 2.58. The van der Waals surface area contributed by atoms with E-state index in [0.717, 1.165) is 0 Å². The third-order valence-corrected chi connectivity index (χ3v) is 2.24. The second-order valence-corrected chi connectivity index (χ2v) is 4.53. The standard InChI is InChI=1S/C14H18O4/c1-4-12(15)18-14(2,3)10-17-13(16)11-8-6-5-7-9-11/h5-9H,4,10H2,1-3H3. The molecule has 0 atom stereocenters. The van der Waals surface area contributed by atoms with Crippen molar-refractivity contribution in [2.75, 3.05) is 6.61 Å². The van der Waals surface area contributed by atoms with Crippen molar-refractivity contribution in [1.82, 2.24) is 0 Å². The molecule has 0 amide bonds. The lowest BCUT2D eigenvalue weighted by molar-refractivity contribution is -0.159. The molecule has 0 aliphatic rings. The highest BCUT2D eigenvalue weighted by Crippen LogP contribution is 2.12. The van der Waals surface area contributed by atoms with Gasteiger partial charge in [-0.1, -0.05) is 25.1 Å². The van der Waals surface area contributed by atoms with E-state index < -0.39 is 11.6 Å². The molecule has 1 aromatic carbocycles. The highest BCUT2D eigenvalue weighted by molar-refractivity contribution is 5.89. The van der Waals surface area contributed by atoms with Gasteiger partial charge < -0.3 is 9.47 Å². The molecule has 4 nitrogen and oxygen atoms in total. The molecule has 1 rings (SSSR count). The first-order valence-corrected chi connectivity index (χ1v) is 5.88. The van der Waals surface area contributed by atoms with E-state index in [-0.39, 0.29) is 12.6 Å². The van der Waals surface area contributed by atoms with Gasteiger partial charge in [0.2, 0.25) is 0 Å². The van der Waals surface area contributed by atoms with Crippen LogP contribution in [0.5, 0.6) is 0 Å². The Labute approximate surface area is 107 Å². The number of esters is 2. The first-order valence-electron chi connectivity index (χ1n) is 5.88. The lowest BCUT2D eigenvalue weighted by atomic mass is 10.1. The number of hydrogen-bond donors (Lipinski definition) is 0. The van der Waals surface area contributed by atoms with Crippen LogP contribution in [0.2, 0.25) is 0 Å². The van der Waals surface area contributed by atoms with Gasteiger partial charge in [0.15, 0.2) is 0 Å². The minimum absolute atomic E-state index is 0.0342. The van der Waals surface area contributed by atoms with Crippen LogP contribution in [0.25, 0.3) is 0 Å². The number of ether oxygens (including phenoxy) is 2. The van der Waals surface area contributed by atoms with Crippen molar-refractivity contribution in [3.05, 3.63) is 35.9 Å². The Morgan fingerprint density at radius 1 is 1.17 bits per heavy atom. The predicted molar refractivity (Wildman–Crippen MR) is 67.2 cm³/mol. The summed E-state index contributed by atoms with van der Waals surface area (Å²) in [6, 6.07) is 8.70. The maximum atomic E-state index is 11.7. The second-order valence-electron chi connectivity index (χ2n) is 4.53. The molecule has 0 radical (unpaired) electrons. The van der Waals surface area contributed by atoms with Gasteiger partial charge >= 0.3 is 11.9 Å². The summed E-state index contributed by atoms with van der Waals surface area (Å²) in [5, 5.41) is 0. The summed E-state index contributed by atoms with van der Waals surface area (Å²) in [4.78, 5) is 22.9. The van der Waals surface area contributed by atoms with Crippen LogP contribution in [-0.4, -0.2) is 24.1 Å². The third kappa shape index (κ3) is 4.57. The van der Waals surface area contributed by atoms with E-state index in [1.807, 2.05) is 6.07 Å². The van der Waals surface area contributed by atoms with Gasteiger partial charge in [-0.2, -0.15) is 0 Å². The molecule has 0 spiro atoms. The fourth-order valence-corrected chi connectivity index (χ4v) is 1.31. The van der Waals surface area contributed by atoms with E-state index in [9.17, 15) is 9.59 Å². The Balaban J connectivity index is 2.50. The Kier molecular flexibility index (Phi) is 4.89. The minimum Gasteiger partial charge on any atom is -0.458 e. The summed E-state index contributed by atoms with van der Waals surface area (Å²) in [5.41, 5.74) is -0.326. The zero-order valence-electron chi connectivity index (χ0n) is 10.9. The van der Waals surface area contributed by atoms with E-state index in [1.165, 1.54) is 0 Å². The van der Waals surface area contributed by atoms with Crippen LogP contribution in [0.4, 0.5) is 0 Å². The summed E-state index contributed by atoms with van der Waals surface area (Å²) in [5.74, 6) is -0.730. The second kappa shape index (κ2) is 6.19. The summed E-state index contributed by atoms with van der Waals surface area (Å²) in [6.07, 6.45) is 0.302. The van der Waals surface area contributed by atoms with Gasteiger partial charge in [0, 0.05) is 6.42 Å². The molecule has 0 saturated carbocycles. The normalized spacial score (nSPS) is 10.8. The Bertz CT molecular complexity index is 409. The zero-order valence-corrected chi connectivity index (χ0v) is 10.9. The van der Waals surface area contributed by atoms with Gasteiger partial charge in [-0.05, 0) is 26.0 Å². The Hall–Kier alpha value is -1.84. The van der Waals surface area contributed by atoms with Crippen LogP contribution >= 0.6 is 0 Å². The van der Waals surface area contributed by atoms with Crippen molar-refractivity contribution < 1.29 is 19.1 Å². The number of benzene rings is 1. The van der Waals surface area contributed by atoms with E-state index in [1.54, 1.807) is 45.0 Å². The molecule has 98 valence electrons. The van der Waals surface area contributed by atoms with Gasteiger partial charge in [-0.3, -0.25) is 4.79 Å². The first kappa shape index (κ1) is 14.2. The van der Waals surface area contributed by atoms with Crippen molar-refractivity contribution in [3.8, 4) is 0 Å². The van der Waals surface area contributed by atoms with Crippen molar-refractivity contribution in [2.45, 2.75) is 32.8 Å². The van der Waals surface area contributed by atoms with Gasteiger partial charge in [0.05, 0.1) is 5.56 Å². The SMILES string of the molecule is CCC(=O)OC(C)(C)COC(=O)c1ccccc1. The molecule has 0 aliphatic carbocycles. The van der Waals surface area contributed by atoms with Crippen molar-refractivity contribution in [2.24, 2.45) is 0 Å². The van der Waals surface area contributed by atoms with Crippen molar-refractivity contribution >= 4 is 11.9 Å². The van der Waals surface area contributed by atoms with Crippen LogP contribution in [0.1, 0.15) is 37.6 Å². The molecule has 0 fully saturated rings. The minimum atomic E-state index is -0.808. The zero-order chi connectivity index (χ0) is 13.6. The first-order chi connectivity index (χ1) is 8.44. The van der Waals surface area contributed by atoms with E-state index in [2.05, 4.69) is 0 Å². The molecule has 0 saturated heterocycles. The highest BCUT2D eigenvalue weighted by atomic mass is 16.6. The average molecular weight is 250 g/mol. The van der Waals surface area contributed by atoms with E-state index >= 15 is 0 Å². The lowest BCUT2D eigenvalue weighted by Crippen LogP contribution is -2.34. The van der Waals surface area contributed by atoms with Gasteiger partial charge in [0.1, 0.15) is 12.2 Å². The molecule has 0 aliphatic heterocycles. The molecular weight excluding hydrogens is 232 g/mol.